The Kier molecular flexibility index (Phi) is 2.15. The lowest BCUT2D eigenvalue weighted by atomic mass is 10.1. The van der Waals surface area contributed by atoms with Crippen molar-refractivity contribution >= 4 is 0 Å². The van der Waals surface area contributed by atoms with Crippen LogP contribution in [0.25, 0.3) is 0 Å². The van der Waals surface area contributed by atoms with Gasteiger partial charge in [0.2, 0.25) is 0 Å². The summed E-state index contributed by atoms with van der Waals surface area (Å²) in [7, 11) is 1.73. The van der Waals surface area contributed by atoms with Crippen LogP contribution >= 0.6 is 0 Å². The molecule has 1 saturated carbocycles. The van der Waals surface area contributed by atoms with E-state index in [-0.39, 0.29) is 11.0 Å². The van der Waals surface area contributed by atoms with Gasteiger partial charge in [-0.3, -0.25) is 0 Å². The molecule has 2 rings (SSSR count). The average Bonchev–Trinajstić information content (AvgIpc) is 2.58. The van der Waals surface area contributed by atoms with Crippen LogP contribution in [-0.2, 0) is 9.47 Å². The normalized spacial score (nSPS) is 36.5. The molecule has 2 unspecified atom stereocenters. The quantitative estimate of drug-likeness (QED) is 0.650. The molecule has 0 bridgehead atoms. The minimum Gasteiger partial charge on any atom is -0.352 e. The van der Waals surface area contributed by atoms with Gasteiger partial charge >= 0.3 is 0 Å². The van der Waals surface area contributed by atoms with Crippen molar-refractivity contribution in [1.29, 1.82) is 0 Å². The zero-order valence-corrected chi connectivity index (χ0v) is 10.2. The summed E-state index contributed by atoms with van der Waals surface area (Å²) in [6.07, 6.45) is 8.52. The molecule has 0 N–H and O–H groups in total. The van der Waals surface area contributed by atoms with E-state index >= 15 is 0 Å². The smallest absolute Gasteiger partial charge is 0.185 e. The third-order valence-electron chi connectivity index (χ3n) is 3.42. The van der Waals surface area contributed by atoms with Crippen LogP contribution in [0.1, 0.15) is 27.7 Å². The highest BCUT2D eigenvalue weighted by molar-refractivity contribution is 5.41. The molecule has 1 spiro atoms. The minimum absolute atomic E-state index is 0.0327. The Morgan fingerprint density at radius 2 is 1.67 bits per heavy atom. The van der Waals surface area contributed by atoms with Gasteiger partial charge in [-0.2, -0.15) is 0 Å². The van der Waals surface area contributed by atoms with Crippen LogP contribution in [0.5, 0.6) is 0 Å². The van der Waals surface area contributed by atoms with E-state index < -0.39 is 5.79 Å². The molecule has 0 amide bonds. The van der Waals surface area contributed by atoms with E-state index in [1.54, 1.807) is 7.11 Å². The Hall–Kier alpha value is -0.600. The van der Waals surface area contributed by atoms with E-state index in [0.29, 0.717) is 5.92 Å². The predicted octanol–water partition coefficient (Wildman–Crippen LogP) is 2.91. The minimum atomic E-state index is -0.464. The van der Waals surface area contributed by atoms with Crippen LogP contribution in [0, 0.1) is 11.3 Å². The summed E-state index contributed by atoms with van der Waals surface area (Å²) in [5.74, 6) is -0.0846. The maximum absolute atomic E-state index is 6.11. The molecule has 0 saturated heterocycles. The lowest BCUT2D eigenvalue weighted by molar-refractivity contribution is -0.222. The fourth-order valence-corrected chi connectivity index (χ4v) is 2.68. The molecule has 2 atom stereocenters. The Labute approximate surface area is 92.0 Å². The number of allylic oxidation sites excluding steroid dienone is 2. The molecule has 2 heteroatoms. The van der Waals surface area contributed by atoms with Crippen molar-refractivity contribution in [2.45, 2.75) is 39.1 Å². The van der Waals surface area contributed by atoms with Crippen LogP contribution in [0.3, 0.4) is 0 Å². The highest BCUT2D eigenvalue weighted by Gasteiger charge is 2.76. The van der Waals surface area contributed by atoms with Crippen molar-refractivity contribution in [1.82, 2.24) is 0 Å². The lowest BCUT2D eigenvalue weighted by Crippen LogP contribution is -2.34. The molecule has 84 valence electrons. The first-order valence-electron chi connectivity index (χ1n) is 5.50. The zero-order valence-electron chi connectivity index (χ0n) is 10.2. The third-order valence-corrected chi connectivity index (χ3v) is 3.42. The Bertz CT molecular complexity index is 310. The van der Waals surface area contributed by atoms with Crippen molar-refractivity contribution < 1.29 is 9.47 Å². The Morgan fingerprint density at radius 3 is 2.07 bits per heavy atom. The summed E-state index contributed by atoms with van der Waals surface area (Å²) < 4.78 is 11.8. The fourth-order valence-electron chi connectivity index (χ4n) is 2.68. The van der Waals surface area contributed by atoms with Gasteiger partial charge in [0.25, 0.3) is 0 Å². The van der Waals surface area contributed by atoms with Gasteiger partial charge in [-0.25, -0.2) is 0 Å². The molecule has 0 heterocycles. The molecular weight excluding hydrogens is 188 g/mol. The lowest BCUT2D eigenvalue weighted by Gasteiger charge is -2.29. The first-order valence-corrected chi connectivity index (χ1v) is 5.50. The summed E-state index contributed by atoms with van der Waals surface area (Å²) in [6, 6.07) is 0. The SMILES string of the molecule is COC1(OC(C)(C)C)C(C)C12C=CC=C2. The maximum atomic E-state index is 6.11. The molecule has 0 radical (unpaired) electrons. The van der Waals surface area contributed by atoms with Crippen LogP contribution < -0.4 is 0 Å². The van der Waals surface area contributed by atoms with E-state index in [1.165, 1.54) is 0 Å². The van der Waals surface area contributed by atoms with E-state index in [1.807, 2.05) is 0 Å². The van der Waals surface area contributed by atoms with Crippen molar-refractivity contribution in [3.63, 3.8) is 0 Å². The highest BCUT2D eigenvalue weighted by atomic mass is 16.7. The summed E-state index contributed by atoms with van der Waals surface area (Å²) in [5, 5.41) is 0. The molecule has 0 aromatic carbocycles. The monoisotopic (exact) mass is 208 g/mol. The van der Waals surface area contributed by atoms with Gasteiger partial charge in [0.05, 0.1) is 11.0 Å². The van der Waals surface area contributed by atoms with Crippen molar-refractivity contribution in [2.24, 2.45) is 11.3 Å². The molecule has 15 heavy (non-hydrogen) atoms. The first kappa shape index (κ1) is 10.9. The average molecular weight is 208 g/mol. The standard InChI is InChI=1S/C13H20O2/c1-10-12(8-6-7-9-12)13(10,14-5)15-11(2,3)4/h6-10H,1-5H3. The number of rotatable bonds is 2. The number of hydrogen-bond acceptors (Lipinski definition) is 2. The van der Waals surface area contributed by atoms with Crippen molar-refractivity contribution in [2.75, 3.05) is 7.11 Å². The highest BCUT2D eigenvalue weighted by Crippen LogP contribution is 2.68. The molecule has 2 aliphatic rings. The van der Waals surface area contributed by atoms with Crippen molar-refractivity contribution in [3.05, 3.63) is 24.3 Å². The summed E-state index contributed by atoms with van der Waals surface area (Å²) in [6.45, 7) is 8.37. The Morgan fingerprint density at radius 1 is 1.13 bits per heavy atom. The van der Waals surface area contributed by atoms with E-state index in [9.17, 15) is 0 Å². The van der Waals surface area contributed by atoms with Crippen LogP contribution in [0.15, 0.2) is 24.3 Å². The van der Waals surface area contributed by atoms with Crippen molar-refractivity contribution in [3.8, 4) is 0 Å². The summed E-state index contributed by atoms with van der Waals surface area (Å²) >= 11 is 0. The second kappa shape index (κ2) is 2.96. The first-order chi connectivity index (χ1) is 6.88. The summed E-state index contributed by atoms with van der Waals surface area (Å²) in [5.41, 5.74) is -0.215. The number of methoxy groups -OCH3 is 1. The Balaban J connectivity index is 2.26. The molecule has 2 nitrogen and oxygen atoms in total. The summed E-state index contributed by atoms with van der Waals surface area (Å²) in [4.78, 5) is 0. The van der Waals surface area contributed by atoms with Gasteiger partial charge in [0.15, 0.2) is 5.79 Å². The van der Waals surface area contributed by atoms with Gasteiger partial charge < -0.3 is 9.47 Å². The molecule has 2 aliphatic carbocycles. The largest absolute Gasteiger partial charge is 0.352 e. The van der Waals surface area contributed by atoms with Gasteiger partial charge in [-0.1, -0.05) is 31.2 Å². The van der Waals surface area contributed by atoms with Crippen LogP contribution in [0.4, 0.5) is 0 Å². The molecule has 1 fully saturated rings. The predicted molar refractivity (Wildman–Crippen MR) is 60.5 cm³/mol. The van der Waals surface area contributed by atoms with E-state index in [4.69, 9.17) is 9.47 Å². The van der Waals surface area contributed by atoms with Crippen LogP contribution in [-0.4, -0.2) is 18.5 Å². The molecule has 0 aromatic rings. The zero-order chi connectivity index (χ0) is 11.3. The second-order valence-electron chi connectivity index (χ2n) is 5.46. The van der Waals surface area contributed by atoms with Gasteiger partial charge in [0.1, 0.15) is 0 Å². The van der Waals surface area contributed by atoms with E-state index in [2.05, 4.69) is 52.0 Å². The van der Waals surface area contributed by atoms with Gasteiger partial charge in [-0.05, 0) is 20.8 Å². The number of ether oxygens (including phenoxy) is 2. The van der Waals surface area contributed by atoms with Gasteiger partial charge in [-0.15, -0.1) is 0 Å². The topological polar surface area (TPSA) is 18.5 Å². The number of hydrogen-bond donors (Lipinski definition) is 0. The van der Waals surface area contributed by atoms with Crippen LogP contribution in [0.2, 0.25) is 0 Å². The molecular formula is C13H20O2. The second-order valence-corrected chi connectivity index (χ2v) is 5.46. The fraction of sp³-hybridized carbons (Fsp3) is 0.692. The van der Waals surface area contributed by atoms with E-state index in [0.717, 1.165) is 0 Å². The molecule has 0 aliphatic heterocycles. The maximum Gasteiger partial charge on any atom is 0.185 e. The van der Waals surface area contributed by atoms with Gasteiger partial charge in [0, 0.05) is 13.0 Å². The molecule has 0 aromatic heterocycles. The third kappa shape index (κ3) is 1.31.